The highest BCUT2D eigenvalue weighted by Gasteiger charge is 2.35. The Hall–Kier alpha value is -2.66. The first-order valence-electron chi connectivity index (χ1n) is 8.04. The van der Waals surface area contributed by atoms with Crippen LogP contribution in [0.1, 0.15) is 24.1 Å². The van der Waals surface area contributed by atoms with Gasteiger partial charge in [0.2, 0.25) is 0 Å². The van der Waals surface area contributed by atoms with Crippen molar-refractivity contribution in [2.45, 2.75) is 19.9 Å². The maximum absolute atomic E-state index is 12.5. The lowest BCUT2D eigenvalue weighted by molar-refractivity contribution is -0.136. The van der Waals surface area contributed by atoms with E-state index in [1.807, 2.05) is 73.3 Å². The van der Waals surface area contributed by atoms with Crippen molar-refractivity contribution in [1.29, 1.82) is 0 Å². The van der Waals surface area contributed by atoms with Crippen molar-refractivity contribution in [2.24, 2.45) is 0 Å². The number of aryl methyl sites for hydroxylation is 1. The van der Waals surface area contributed by atoms with Crippen molar-refractivity contribution in [2.75, 3.05) is 12.0 Å². The first kappa shape index (κ1) is 17.2. The molecule has 1 atom stereocenters. The molecule has 25 heavy (non-hydrogen) atoms. The van der Waals surface area contributed by atoms with E-state index in [1.165, 1.54) is 7.11 Å². The molecule has 0 radical (unpaired) electrons. The summed E-state index contributed by atoms with van der Waals surface area (Å²) < 4.78 is 5.04. The van der Waals surface area contributed by atoms with Gasteiger partial charge in [-0.05, 0) is 43.8 Å². The second kappa shape index (κ2) is 7.07. The van der Waals surface area contributed by atoms with Gasteiger partial charge in [0, 0.05) is 11.4 Å². The lowest BCUT2D eigenvalue weighted by Gasteiger charge is -2.37. The molecular formula is C20H20N2O2S. The number of rotatable bonds is 3. The second-order valence-electron chi connectivity index (χ2n) is 5.95. The average molecular weight is 352 g/mol. The minimum Gasteiger partial charge on any atom is -0.466 e. The fourth-order valence-electron chi connectivity index (χ4n) is 3.02. The van der Waals surface area contributed by atoms with E-state index < -0.39 is 0 Å². The van der Waals surface area contributed by atoms with Crippen LogP contribution in [0.2, 0.25) is 0 Å². The van der Waals surface area contributed by atoms with Crippen LogP contribution in [-0.4, -0.2) is 18.2 Å². The summed E-state index contributed by atoms with van der Waals surface area (Å²) in [5.41, 5.74) is 4.37. The number of carbonyl (C=O) groups is 1. The Labute approximate surface area is 153 Å². The van der Waals surface area contributed by atoms with Crippen LogP contribution in [0.15, 0.2) is 65.9 Å². The van der Waals surface area contributed by atoms with Gasteiger partial charge in [-0.2, -0.15) is 0 Å². The number of hydrogen-bond donors (Lipinski definition) is 1. The Bertz CT molecular complexity index is 829. The molecule has 2 aromatic carbocycles. The number of nitrogens with zero attached hydrogens (tertiary/aromatic N) is 1. The molecule has 4 nitrogen and oxygen atoms in total. The van der Waals surface area contributed by atoms with E-state index in [1.54, 1.807) is 0 Å². The Morgan fingerprint density at radius 3 is 2.32 bits per heavy atom. The highest BCUT2D eigenvalue weighted by molar-refractivity contribution is 7.80. The quantitative estimate of drug-likeness (QED) is 0.671. The van der Waals surface area contributed by atoms with Gasteiger partial charge in [0.05, 0.1) is 18.7 Å². The third-order valence-corrected chi connectivity index (χ3v) is 4.62. The number of hydrogen-bond acceptors (Lipinski definition) is 3. The summed E-state index contributed by atoms with van der Waals surface area (Å²) in [5.74, 6) is -0.363. The van der Waals surface area contributed by atoms with E-state index in [0.717, 1.165) is 22.5 Å². The summed E-state index contributed by atoms with van der Waals surface area (Å²) in [4.78, 5) is 14.4. The molecule has 1 heterocycles. The van der Waals surface area contributed by atoms with Gasteiger partial charge in [0.25, 0.3) is 0 Å². The number of methoxy groups -OCH3 is 1. The van der Waals surface area contributed by atoms with E-state index in [-0.39, 0.29) is 12.0 Å². The smallest absolute Gasteiger partial charge is 0.337 e. The van der Waals surface area contributed by atoms with Crippen molar-refractivity contribution in [1.82, 2.24) is 5.32 Å². The summed E-state index contributed by atoms with van der Waals surface area (Å²) in [6.07, 6.45) is 0. The molecule has 2 aromatic rings. The highest BCUT2D eigenvalue weighted by atomic mass is 32.1. The number of nitrogens with one attached hydrogen (secondary N) is 1. The van der Waals surface area contributed by atoms with E-state index in [0.29, 0.717) is 10.7 Å². The number of thiocarbonyl (C=S) groups is 1. The fourth-order valence-corrected chi connectivity index (χ4v) is 3.38. The molecule has 1 N–H and O–H groups in total. The first-order chi connectivity index (χ1) is 12.0. The summed E-state index contributed by atoms with van der Waals surface area (Å²) in [7, 11) is 1.40. The molecule has 0 amide bonds. The molecule has 0 bridgehead atoms. The van der Waals surface area contributed by atoms with Gasteiger partial charge in [-0.1, -0.05) is 48.0 Å². The Morgan fingerprint density at radius 1 is 1.08 bits per heavy atom. The second-order valence-corrected chi connectivity index (χ2v) is 6.34. The SMILES string of the molecule is COC(=O)C1=C(C)N(c2ccc(C)cc2)C(=S)N[C@@H]1c1ccccc1. The van der Waals surface area contributed by atoms with Crippen LogP contribution in [0.4, 0.5) is 5.69 Å². The molecule has 5 heteroatoms. The normalized spacial score (nSPS) is 17.3. The molecule has 0 unspecified atom stereocenters. The number of anilines is 1. The van der Waals surface area contributed by atoms with E-state index in [9.17, 15) is 4.79 Å². The molecule has 0 saturated carbocycles. The van der Waals surface area contributed by atoms with Crippen LogP contribution in [-0.2, 0) is 9.53 Å². The monoisotopic (exact) mass is 352 g/mol. The standard InChI is InChI=1S/C20H20N2O2S/c1-13-9-11-16(12-10-13)22-14(2)17(19(23)24-3)18(21-20(22)25)15-7-5-4-6-8-15/h4-12,18H,1-3H3,(H,21,25)/t18-/m1/s1. The van der Waals surface area contributed by atoms with Crippen LogP contribution in [0, 0.1) is 6.92 Å². The van der Waals surface area contributed by atoms with Crippen molar-refractivity contribution in [3.63, 3.8) is 0 Å². The van der Waals surface area contributed by atoms with E-state index >= 15 is 0 Å². The lowest BCUT2D eigenvalue weighted by atomic mass is 9.95. The van der Waals surface area contributed by atoms with Gasteiger partial charge >= 0.3 is 5.97 Å². The van der Waals surface area contributed by atoms with Crippen molar-refractivity contribution in [3.05, 3.63) is 77.0 Å². The average Bonchev–Trinajstić information content (AvgIpc) is 2.63. The Balaban J connectivity index is 2.12. The van der Waals surface area contributed by atoms with Gasteiger partial charge in [-0.3, -0.25) is 4.90 Å². The molecule has 1 aliphatic rings. The highest BCUT2D eigenvalue weighted by Crippen LogP contribution is 2.34. The van der Waals surface area contributed by atoms with Crippen molar-refractivity contribution >= 4 is 29.0 Å². The van der Waals surface area contributed by atoms with Crippen molar-refractivity contribution in [3.8, 4) is 0 Å². The molecule has 0 aromatic heterocycles. The number of esters is 1. The molecule has 1 aliphatic heterocycles. The Morgan fingerprint density at radius 2 is 1.72 bits per heavy atom. The zero-order valence-electron chi connectivity index (χ0n) is 14.4. The maximum Gasteiger partial charge on any atom is 0.337 e. The zero-order chi connectivity index (χ0) is 18.0. The van der Waals surface area contributed by atoms with Gasteiger partial charge in [0.15, 0.2) is 5.11 Å². The van der Waals surface area contributed by atoms with Gasteiger partial charge in [0.1, 0.15) is 0 Å². The minimum absolute atomic E-state index is 0.331. The fraction of sp³-hybridized carbons (Fsp3) is 0.200. The summed E-state index contributed by atoms with van der Waals surface area (Å²) in [6.45, 7) is 3.93. The maximum atomic E-state index is 12.5. The number of ether oxygens (including phenoxy) is 1. The topological polar surface area (TPSA) is 41.6 Å². The van der Waals surface area contributed by atoms with Crippen LogP contribution < -0.4 is 10.2 Å². The largest absolute Gasteiger partial charge is 0.466 e. The number of carbonyl (C=O) groups excluding carboxylic acids is 1. The number of allylic oxidation sites excluding steroid dienone is 1. The minimum atomic E-state index is -0.363. The summed E-state index contributed by atoms with van der Waals surface area (Å²) in [6, 6.07) is 17.5. The number of benzene rings is 2. The van der Waals surface area contributed by atoms with E-state index in [2.05, 4.69) is 5.32 Å². The lowest BCUT2D eigenvalue weighted by Crippen LogP contribution is -2.48. The molecule has 128 valence electrons. The van der Waals surface area contributed by atoms with E-state index in [4.69, 9.17) is 17.0 Å². The molecule has 0 spiro atoms. The van der Waals surface area contributed by atoms with Gasteiger partial charge in [-0.25, -0.2) is 4.79 Å². The van der Waals surface area contributed by atoms with Gasteiger partial charge in [-0.15, -0.1) is 0 Å². The summed E-state index contributed by atoms with van der Waals surface area (Å²) in [5, 5.41) is 3.85. The third kappa shape index (κ3) is 3.28. The predicted molar refractivity (Wildman–Crippen MR) is 103 cm³/mol. The summed E-state index contributed by atoms with van der Waals surface area (Å²) >= 11 is 5.60. The van der Waals surface area contributed by atoms with Crippen LogP contribution in [0.3, 0.4) is 0 Å². The zero-order valence-corrected chi connectivity index (χ0v) is 15.3. The van der Waals surface area contributed by atoms with Crippen molar-refractivity contribution < 1.29 is 9.53 Å². The van der Waals surface area contributed by atoms with Gasteiger partial charge < -0.3 is 10.1 Å². The predicted octanol–water partition coefficient (Wildman–Crippen LogP) is 3.88. The third-order valence-electron chi connectivity index (χ3n) is 4.32. The molecular weight excluding hydrogens is 332 g/mol. The van der Waals surface area contributed by atoms with Crippen LogP contribution in [0.5, 0.6) is 0 Å². The molecule has 0 fully saturated rings. The molecule has 0 saturated heterocycles. The van der Waals surface area contributed by atoms with Crippen LogP contribution >= 0.6 is 12.2 Å². The molecule has 0 aliphatic carbocycles. The Kier molecular flexibility index (Phi) is 4.86. The molecule has 3 rings (SSSR count). The van der Waals surface area contributed by atoms with Crippen LogP contribution in [0.25, 0.3) is 0 Å². The first-order valence-corrected chi connectivity index (χ1v) is 8.45.